The monoisotopic (exact) mass is 350 g/mol. The van der Waals surface area contributed by atoms with E-state index in [0.29, 0.717) is 5.02 Å². The maximum atomic E-state index is 12.4. The summed E-state index contributed by atoms with van der Waals surface area (Å²) in [5.74, 6) is 0. The second-order valence-electron chi connectivity index (χ2n) is 3.75. The van der Waals surface area contributed by atoms with Crippen molar-refractivity contribution in [2.24, 2.45) is 0 Å². The van der Waals surface area contributed by atoms with Crippen LogP contribution in [0.3, 0.4) is 0 Å². The van der Waals surface area contributed by atoms with Crippen LogP contribution in [0, 0.1) is 0 Å². The predicted octanol–water partition coefficient (Wildman–Crippen LogP) is 2.15. The lowest BCUT2D eigenvalue weighted by atomic mass is 10.4. The van der Waals surface area contributed by atoms with Crippen molar-refractivity contribution in [1.29, 1.82) is 0 Å². The van der Waals surface area contributed by atoms with Gasteiger partial charge in [0.15, 0.2) is 0 Å². The zero-order chi connectivity index (χ0) is 16.8. The number of ether oxygens (including phenoxy) is 2. The lowest BCUT2D eigenvalue weighted by Gasteiger charge is -2.21. The largest absolute Gasteiger partial charge is 0.449 e. The van der Waals surface area contributed by atoms with E-state index in [-0.39, 0.29) is 22.5 Å². The summed E-state index contributed by atoms with van der Waals surface area (Å²) >= 11 is 5.69. The molecule has 122 valence electrons. The molecule has 1 rings (SSSR count). The summed E-state index contributed by atoms with van der Waals surface area (Å²) in [6, 6.07) is 5.05. The van der Waals surface area contributed by atoms with Gasteiger partial charge in [0.2, 0.25) is 0 Å². The Morgan fingerprint density at radius 1 is 1.14 bits per heavy atom. The van der Waals surface area contributed by atoms with Gasteiger partial charge in [0.25, 0.3) is 10.0 Å². The average Bonchev–Trinajstić information content (AvgIpc) is 2.45. The Balaban J connectivity index is 3.15. The van der Waals surface area contributed by atoms with Crippen molar-refractivity contribution in [2.75, 3.05) is 13.2 Å². The lowest BCUT2D eigenvalue weighted by molar-refractivity contribution is 0.103. The van der Waals surface area contributed by atoms with Crippen LogP contribution in [0.5, 0.6) is 0 Å². The van der Waals surface area contributed by atoms with Crippen molar-refractivity contribution in [2.45, 2.75) is 18.7 Å². The molecule has 0 unspecified atom stereocenters. The summed E-state index contributed by atoms with van der Waals surface area (Å²) in [5, 5.41) is 0.319. The molecule has 0 saturated heterocycles. The normalized spacial score (nSPS) is 10.7. The zero-order valence-electron chi connectivity index (χ0n) is 11.9. The Hall–Kier alpha value is -2.00. The number of hydrazine groups is 1. The van der Waals surface area contributed by atoms with Crippen molar-refractivity contribution >= 4 is 33.8 Å². The van der Waals surface area contributed by atoms with Crippen LogP contribution < -0.4 is 5.43 Å². The number of amides is 2. The van der Waals surface area contributed by atoms with Gasteiger partial charge in [-0.1, -0.05) is 11.6 Å². The maximum absolute atomic E-state index is 12.4. The summed E-state index contributed by atoms with van der Waals surface area (Å²) in [6.45, 7) is 2.96. The molecule has 10 heteroatoms. The Bertz CT molecular complexity index is 632. The standard InChI is InChI=1S/C12H15ClN2O6S/c1-3-20-11(16)14-15(12(17)21-4-2)22(18,19)10-7-5-9(13)6-8-10/h5-8H,3-4H2,1-2H3,(H,14,16). The van der Waals surface area contributed by atoms with E-state index in [2.05, 4.69) is 9.47 Å². The minimum absolute atomic E-state index is 0.00346. The van der Waals surface area contributed by atoms with Crippen molar-refractivity contribution in [3.05, 3.63) is 29.3 Å². The highest BCUT2D eigenvalue weighted by atomic mass is 35.5. The quantitative estimate of drug-likeness (QED) is 0.835. The second-order valence-corrected chi connectivity index (χ2v) is 5.98. The highest BCUT2D eigenvalue weighted by Gasteiger charge is 2.33. The molecule has 0 radical (unpaired) electrons. The van der Waals surface area contributed by atoms with E-state index in [9.17, 15) is 18.0 Å². The molecule has 0 atom stereocenters. The van der Waals surface area contributed by atoms with E-state index in [1.165, 1.54) is 38.1 Å². The first-order chi connectivity index (χ1) is 10.3. The Morgan fingerprint density at radius 2 is 1.68 bits per heavy atom. The first kappa shape index (κ1) is 18.1. The fourth-order valence-corrected chi connectivity index (χ4v) is 2.60. The first-order valence-electron chi connectivity index (χ1n) is 6.24. The number of rotatable bonds is 4. The zero-order valence-corrected chi connectivity index (χ0v) is 13.5. The van der Waals surface area contributed by atoms with Gasteiger partial charge in [-0.25, -0.2) is 15.0 Å². The summed E-state index contributed by atoms with van der Waals surface area (Å²) in [4.78, 5) is 23.0. The molecule has 0 aliphatic rings. The van der Waals surface area contributed by atoms with Gasteiger partial charge in [0.1, 0.15) is 0 Å². The number of nitrogens with one attached hydrogen (secondary N) is 1. The number of carbonyl (C=O) groups excluding carboxylic acids is 2. The van der Waals surface area contributed by atoms with Gasteiger partial charge >= 0.3 is 12.2 Å². The first-order valence-corrected chi connectivity index (χ1v) is 8.05. The maximum Gasteiger partial charge on any atom is 0.443 e. The smallest absolute Gasteiger partial charge is 0.443 e. The number of carbonyl (C=O) groups is 2. The molecule has 2 amide bonds. The SMILES string of the molecule is CCOC(=O)NN(C(=O)OCC)S(=O)(=O)c1ccc(Cl)cc1. The minimum Gasteiger partial charge on any atom is -0.449 e. The minimum atomic E-state index is -4.36. The van der Waals surface area contributed by atoms with E-state index in [1.54, 1.807) is 0 Å². The molecular formula is C12H15ClN2O6S. The fourth-order valence-electron chi connectivity index (χ4n) is 1.34. The molecule has 0 bridgehead atoms. The molecule has 0 aromatic heterocycles. The molecule has 1 N–H and O–H groups in total. The van der Waals surface area contributed by atoms with E-state index in [0.717, 1.165) is 0 Å². The Morgan fingerprint density at radius 3 is 2.18 bits per heavy atom. The van der Waals surface area contributed by atoms with Gasteiger partial charge in [-0.2, -0.15) is 8.42 Å². The molecule has 22 heavy (non-hydrogen) atoms. The number of hydrogen-bond donors (Lipinski definition) is 1. The van der Waals surface area contributed by atoms with Crippen molar-refractivity contribution < 1.29 is 27.5 Å². The van der Waals surface area contributed by atoms with E-state index >= 15 is 0 Å². The molecular weight excluding hydrogens is 336 g/mol. The highest BCUT2D eigenvalue weighted by molar-refractivity contribution is 7.89. The van der Waals surface area contributed by atoms with Crippen LogP contribution >= 0.6 is 11.6 Å². The highest BCUT2D eigenvalue weighted by Crippen LogP contribution is 2.18. The second kappa shape index (κ2) is 7.85. The average molecular weight is 351 g/mol. The number of benzene rings is 1. The van der Waals surface area contributed by atoms with Gasteiger partial charge in [-0.15, -0.1) is 4.41 Å². The summed E-state index contributed by atoms with van der Waals surface area (Å²) in [7, 11) is -4.36. The van der Waals surface area contributed by atoms with Crippen LogP contribution in [0.1, 0.15) is 13.8 Å². The molecule has 1 aromatic rings. The van der Waals surface area contributed by atoms with Gasteiger partial charge in [0.05, 0.1) is 18.1 Å². The molecule has 0 aliphatic heterocycles. The summed E-state index contributed by atoms with van der Waals surface area (Å²) < 4.78 is 34.1. The lowest BCUT2D eigenvalue weighted by Crippen LogP contribution is -2.50. The Kier molecular flexibility index (Phi) is 6.44. The topological polar surface area (TPSA) is 102 Å². The van der Waals surface area contributed by atoms with Gasteiger partial charge < -0.3 is 9.47 Å². The van der Waals surface area contributed by atoms with Crippen LogP contribution in [0.25, 0.3) is 0 Å². The third-order valence-electron chi connectivity index (χ3n) is 2.25. The fraction of sp³-hybridized carbons (Fsp3) is 0.333. The molecule has 0 aliphatic carbocycles. The van der Waals surface area contributed by atoms with Crippen LogP contribution in [0.2, 0.25) is 5.02 Å². The van der Waals surface area contributed by atoms with Crippen LogP contribution in [0.4, 0.5) is 9.59 Å². The molecule has 8 nitrogen and oxygen atoms in total. The van der Waals surface area contributed by atoms with Gasteiger partial charge in [0, 0.05) is 5.02 Å². The molecule has 0 saturated carbocycles. The molecule has 0 spiro atoms. The number of halogens is 1. The molecule has 0 heterocycles. The van der Waals surface area contributed by atoms with E-state index in [1.807, 2.05) is 5.43 Å². The summed E-state index contributed by atoms with van der Waals surface area (Å²) in [5.41, 5.74) is 1.83. The van der Waals surface area contributed by atoms with Crippen LogP contribution in [-0.4, -0.2) is 38.2 Å². The predicted molar refractivity (Wildman–Crippen MR) is 77.7 cm³/mol. The third-order valence-corrected chi connectivity index (χ3v) is 4.09. The van der Waals surface area contributed by atoms with Crippen molar-refractivity contribution in [1.82, 2.24) is 9.84 Å². The number of sulfonamides is 1. The molecule has 1 aromatic carbocycles. The van der Waals surface area contributed by atoms with E-state index in [4.69, 9.17) is 11.6 Å². The van der Waals surface area contributed by atoms with Crippen LogP contribution in [0.15, 0.2) is 29.2 Å². The molecule has 0 fully saturated rings. The van der Waals surface area contributed by atoms with Crippen molar-refractivity contribution in [3.63, 3.8) is 0 Å². The van der Waals surface area contributed by atoms with Crippen LogP contribution in [-0.2, 0) is 19.5 Å². The number of nitrogens with zero attached hydrogens (tertiary/aromatic N) is 1. The Labute approximate surface area is 133 Å². The number of hydrogen-bond acceptors (Lipinski definition) is 6. The van der Waals surface area contributed by atoms with Crippen molar-refractivity contribution in [3.8, 4) is 0 Å². The third kappa shape index (κ3) is 4.50. The summed E-state index contributed by atoms with van der Waals surface area (Å²) in [6.07, 6.45) is -2.36. The van der Waals surface area contributed by atoms with Gasteiger partial charge in [-0.05, 0) is 38.1 Å². The van der Waals surface area contributed by atoms with E-state index < -0.39 is 22.2 Å². The van der Waals surface area contributed by atoms with Gasteiger partial charge in [-0.3, -0.25) is 0 Å².